The third kappa shape index (κ3) is 6.87. The molecule has 4 aromatic carbocycles. The maximum absolute atomic E-state index is 15.2. The fraction of sp³-hybridized carbons (Fsp3) is 0.118. The lowest BCUT2D eigenvalue weighted by atomic mass is 9.97. The molecular formula is C34H22F8N2O. The molecule has 0 spiro atoms. The van der Waals surface area contributed by atoms with Gasteiger partial charge in [-0.15, -0.1) is 0 Å². The van der Waals surface area contributed by atoms with E-state index in [2.05, 4.69) is 14.7 Å². The molecule has 0 N–H and O–H groups in total. The second kappa shape index (κ2) is 12.9. The van der Waals surface area contributed by atoms with Crippen LogP contribution in [-0.2, 0) is 12.5 Å². The van der Waals surface area contributed by atoms with Crippen molar-refractivity contribution in [2.24, 2.45) is 0 Å². The highest BCUT2D eigenvalue weighted by Gasteiger charge is 2.41. The van der Waals surface area contributed by atoms with Gasteiger partial charge in [0.05, 0.1) is 0 Å². The Balaban J connectivity index is 1.37. The Kier molecular flexibility index (Phi) is 8.99. The minimum atomic E-state index is -4.64. The zero-order valence-electron chi connectivity index (χ0n) is 23.4. The smallest absolute Gasteiger partial charge is 0.429 e. The number of ether oxygens (including phenoxy) is 1. The van der Waals surface area contributed by atoms with Crippen molar-refractivity contribution in [2.75, 3.05) is 0 Å². The van der Waals surface area contributed by atoms with Gasteiger partial charge in [-0.25, -0.2) is 36.3 Å². The number of allylic oxidation sites excluding steroid dienone is 2. The molecule has 230 valence electrons. The van der Waals surface area contributed by atoms with Crippen molar-refractivity contribution < 1.29 is 39.9 Å². The first-order chi connectivity index (χ1) is 21.5. The zero-order chi connectivity index (χ0) is 32.3. The van der Waals surface area contributed by atoms with Crippen LogP contribution in [0.3, 0.4) is 0 Å². The summed E-state index contributed by atoms with van der Waals surface area (Å²) in [5, 5.41) is 0. The van der Waals surface area contributed by atoms with Crippen LogP contribution in [0.25, 0.3) is 33.6 Å². The quantitative estimate of drug-likeness (QED) is 0.121. The maximum Gasteiger partial charge on any atom is 0.432 e. The molecule has 1 heterocycles. The molecule has 0 atom stereocenters. The topological polar surface area (TPSA) is 35.0 Å². The number of benzene rings is 4. The lowest BCUT2D eigenvalue weighted by Crippen LogP contribution is -2.25. The molecule has 0 unspecified atom stereocenters. The lowest BCUT2D eigenvalue weighted by molar-refractivity contribution is -0.189. The average Bonchev–Trinajstić information content (AvgIpc) is 2.98. The van der Waals surface area contributed by atoms with Crippen molar-refractivity contribution in [3.8, 4) is 39.4 Å². The van der Waals surface area contributed by atoms with Crippen LogP contribution in [0.15, 0.2) is 91.3 Å². The third-order valence-corrected chi connectivity index (χ3v) is 6.83. The maximum atomic E-state index is 15.2. The van der Waals surface area contributed by atoms with Crippen molar-refractivity contribution in [2.45, 2.75) is 25.9 Å². The predicted molar refractivity (Wildman–Crippen MR) is 152 cm³/mol. The molecule has 0 saturated carbocycles. The fourth-order valence-electron chi connectivity index (χ4n) is 4.60. The van der Waals surface area contributed by atoms with Crippen molar-refractivity contribution in [3.63, 3.8) is 0 Å². The monoisotopic (exact) mass is 626 g/mol. The number of hydrogen-bond donors (Lipinski definition) is 0. The first kappa shape index (κ1) is 31.4. The van der Waals surface area contributed by atoms with Crippen molar-refractivity contribution in [1.29, 1.82) is 0 Å². The summed E-state index contributed by atoms with van der Waals surface area (Å²) in [6, 6.07) is 9.92. The van der Waals surface area contributed by atoms with Gasteiger partial charge in [0.25, 0.3) is 0 Å². The Morgan fingerprint density at radius 3 is 1.82 bits per heavy atom. The Bertz CT molecular complexity index is 1870. The number of alkyl halides is 2. The van der Waals surface area contributed by atoms with Gasteiger partial charge in [-0.2, -0.15) is 8.78 Å². The van der Waals surface area contributed by atoms with Gasteiger partial charge in [0.1, 0.15) is 34.6 Å². The van der Waals surface area contributed by atoms with Crippen molar-refractivity contribution >= 4 is 0 Å². The van der Waals surface area contributed by atoms with E-state index in [0.29, 0.717) is 41.7 Å². The van der Waals surface area contributed by atoms with Crippen LogP contribution in [0.4, 0.5) is 35.1 Å². The van der Waals surface area contributed by atoms with Crippen molar-refractivity contribution in [1.82, 2.24) is 9.97 Å². The first-order valence-corrected chi connectivity index (χ1v) is 13.5. The summed E-state index contributed by atoms with van der Waals surface area (Å²) in [4.78, 5) is 8.57. The van der Waals surface area contributed by atoms with Gasteiger partial charge in [-0.05, 0) is 72.9 Å². The minimum absolute atomic E-state index is 0.0221. The SMILES string of the molecule is C/C=C/CCc1cnc(-c2ccc(-c3ccc(-c4cc(F)c(C(F)(F)Oc5ccc(F)c(F)c5)c(F)c4)c(F)c3)c(F)c2)nc1. The van der Waals surface area contributed by atoms with E-state index in [1.54, 1.807) is 18.5 Å². The van der Waals surface area contributed by atoms with Gasteiger partial charge in [0.15, 0.2) is 17.5 Å². The number of halogens is 8. The van der Waals surface area contributed by atoms with Gasteiger partial charge in [-0.1, -0.05) is 36.4 Å². The summed E-state index contributed by atoms with van der Waals surface area (Å²) in [7, 11) is 0. The van der Waals surface area contributed by atoms with Crippen LogP contribution in [0.5, 0.6) is 5.75 Å². The highest BCUT2D eigenvalue weighted by atomic mass is 19.3. The Hall–Kier alpha value is -5.06. The van der Waals surface area contributed by atoms with E-state index in [0.717, 1.165) is 30.5 Å². The van der Waals surface area contributed by atoms with E-state index in [9.17, 15) is 26.3 Å². The second-order valence-electron chi connectivity index (χ2n) is 9.92. The molecule has 0 amide bonds. The third-order valence-electron chi connectivity index (χ3n) is 6.83. The number of rotatable bonds is 9. The highest BCUT2D eigenvalue weighted by Crippen LogP contribution is 2.38. The van der Waals surface area contributed by atoms with Crippen LogP contribution in [-0.4, -0.2) is 9.97 Å². The second-order valence-corrected chi connectivity index (χ2v) is 9.92. The number of aryl methyl sites for hydroxylation is 1. The first-order valence-electron chi connectivity index (χ1n) is 13.5. The molecule has 5 rings (SSSR count). The standard InChI is InChI=1S/C34H22F8N2O/c1-2-3-4-5-19-17-43-33(44-18-19)21-7-10-24(28(37)13-21)20-6-9-25(27(36)12-20)22-14-30(39)32(31(40)15-22)34(41,42)45-23-8-11-26(35)29(38)16-23/h2-3,6-18H,4-5H2,1H3/b3-2+. The predicted octanol–water partition coefficient (Wildman–Crippen LogP) is 9.95. The molecule has 11 heteroatoms. The van der Waals surface area contributed by atoms with E-state index >= 15 is 8.78 Å². The molecule has 0 aliphatic rings. The van der Waals surface area contributed by atoms with Crippen LogP contribution < -0.4 is 4.74 Å². The summed E-state index contributed by atoms with van der Waals surface area (Å²) in [6.45, 7) is 1.93. The Labute approximate surface area is 252 Å². The van der Waals surface area contributed by atoms with E-state index in [4.69, 9.17) is 0 Å². The zero-order valence-corrected chi connectivity index (χ0v) is 23.4. The molecule has 0 radical (unpaired) electrons. The summed E-state index contributed by atoms with van der Waals surface area (Å²) >= 11 is 0. The Morgan fingerprint density at radius 1 is 0.644 bits per heavy atom. The van der Waals surface area contributed by atoms with Gasteiger partial charge >= 0.3 is 6.11 Å². The normalized spacial score (nSPS) is 11.8. The number of hydrogen-bond acceptors (Lipinski definition) is 3. The molecule has 0 fully saturated rings. The fourth-order valence-corrected chi connectivity index (χ4v) is 4.60. The van der Waals surface area contributed by atoms with Crippen LogP contribution >= 0.6 is 0 Å². The average molecular weight is 627 g/mol. The summed E-state index contributed by atoms with van der Waals surface area (Å²) in [6.07, 6.45) is 4.23. The number of aromatic nitrogens is 2. The van der Waals surface area contributed by atoms with Gasteiger partial charge < -0.3 is 4.74 Å². The molecule has 45 heavy (non-hydrogen) atoms. The van der Waals surface area contributed by atoms with E-state index < -0.39 is 57.9 Å². The summed E-state index contributed by atoms with van der Waals surface area (Å²) in [5.41, 5.74) is -1.16. The molecule has 1 aromatic heterocycles. The van der Waals surface area contributed by atoms with E-state index in [-0.39, 0.29) is 16.7 Å². The minimum Gasteiger partial charge on any atom is -0.429 e. The molecule has 0 saturated heterocycles. The van der Waals surface area contributed by atoms with Gasteiger partial charge in [0.2, 0.25) is 0 Å². The van der Waals surface area contributed by atoms with Gasteiger partial charge in [-0.3, -0.25) is 0 Å². The highest BCUT2D eigenvalue weighted by molar-refractivity contribution is 5.73. The van der Waals surface area contributed by atoms with Gasteiger partial charge in [0, 0.05) is 35.2 Å². The number of nitrogens with zero attached hydrogens (tertiary/aromatic N) is 2. The molecule has 5 aromatic rings. The van der Waals surface area contributed by atoms with E-state index in [1.165, 1.54) is 18.2 Å². The molecule has 0 bridgehead atoms. The lowest BCUT2D eigenvalue weighted by Gasteiger charge is -2.20. The van der Waals surface area contributed by atoms with Crippen LogP contribution in [0.2, 0.25) is 0 Å². The largest absolute Gasteiger partial charge is 0.432 e. The molecular weight excluding hydrogens is 604 g/mol. The van der Waals surface area contributed by atoms with Crippen LogP contribution in [0, 0.1) is 34.9 Å². The molecule has 3 nitrogen and oxygen atoms in total. The summed E-state index contributed by atoms with van der Waals surface area (Å²) in [5.74, 6) is -8.72. The Morgan fingerprint density at radius 2 is 1.22 bits per heavy atom. The summed E-state index contributed by atoms with van der Waals surface area (Å²) < 4.78 is 120. The van der Waals surface area contributed by atoms with Crippen molar-refractivity contribution in [3.05, 3.63) is 137 Å². The van der Waals surface area contributed by atoms with Crippen LogP contribution in [0.1, 0.15) is 24.5 Å². The molecule has 0 aliphatic heterocycles. The molecule has 0 aliphatic carbocycles. The van der Waals surface area contributed by atoms with E-state index in [1.807, 2.05) is 19.1 Å².